The van der Waals surface area contributed by atoms with E-state index in [2.05, 4.69) is 39.4 Å². The Bertz CT molecular complexity index is 491. The lowest BCUT2D eigenvalue weighted by molar-refractivity contribution is 0.183. The van der Waals surface area contributed by atoms with Crippen LogP contribution in [0.25, 0.3) is 0 Å². The molecule has 2 rings (SSSR count). The minimum atomic E-state index is 0. The van der Waals surface area contributed by atoms with Gasteiger partial charge in [0.1, 0.15) is 0 Å². The third-order valence-corrected chi connectivity index (χ3v) is 5.61. The van der Waals surface area contributed by atoms with E-state index in [9.17, 15) is 0 Å². The molecule has 0 saturated carbocycles. The van der Waals surface area contributed by atoms with E-state index in [1.54, 1.807) is 0 Å². The molecule has 0 amide bonds. The van der Waals surface area contributed by atoms with E-state index >= 15 is 0 Å². The number of guanidine groups is 1. The molecule has 1 atom stereocenters. The first-order valence-corrected chi connectivity index (χ1v) is 9.67. The largest absolute Gasteiger partial charge is 0.356 e. The second kappa shape index (κ2) is 12.0. The zero-order valence-corrected chi connectivity index (χ0v) is 18.3. The Morgan fingerprint density at radius 3 is 2.92 bits per heavy atom. The molecule has 0 radical (unpaired) electrons. The van der Waals surface area contributed by atoms with Crippen molar-refractivity contribution in [1.82, 2.24) is 20.5 Å². The quantitative estimate of drug-likeness (QED) is 0.370. The SMILES string of the molecule is CCc1cnc(CCNC(=NC)NCC2CCCN(CC)C2)s1.I. The molecule has 1 aromatic heterocycles. The average molecular weight is 465 g/mol. The summed E-state index contributed by atoms with van der Waals surface area (Å²) in [4.78, 5) is 12.7. The van der Waals surface area contributed by atoms with E-state index in [1.165, 1.54) is 35.8 Å². The molecule has 0 aliphatic carbocycles. The predicted molar refractivity (Wildman–Crippen MR) is 115 cm³/mol. The Balaban J connectivity index is 0.00000288. The monoisotopic (exact) mass is 465 g/mol. The number of aromatic nitrogens is 1. The minimum Gasteiger partial charge on any atom is -0.356 e. The molecule has 1 aromatic rings. The van der Waals surface area contributed by atoms with Gasteiger partial charge in [-0.25, -0.2) is 4.98 Å². The van der Waals surface area contributed by atoms with Gasteiger partial charge >= 0.3 is 0 Å². The Kier molecular flexibility index (Phi) is 10.8. The van der Waals surface area contributed by atoms with Gasteiger partial charge in [0.2, 0.25) is 0 Å². The maximum atomic E-state index is 4.46. The topological polar surface area (TPSA) is 52.6 Å². The molecule has 1 aliphatic rings. The minimum absolute atomic E-state index is 0. The number of nitrogens with zero attached hydrogens (tertiary/aromatic N) is 3. The van der Waals surface area contributed by atoms with Crippen LogP contribution in [0.5, 0.6) is 0 Å². The summed E-state index contributed by atoms with van der Waals surface area (Å²) in [7, 11) is 1.84. The molecule has 24 heavy (non-hydrogen) atoms. The summed E-state index contributed by atoms with van der Waals surface area (Å²) in [6.07, 6.45) is 6.66. The Morgan fingerprint density at radius 1 is 1.42 bits per heavy atom. The Morgan fingerprint density at radius 2 is 2.25 bits per heavy atom. The average Bonchev–Trinajstić information content (AvgIpc) is 3.06. The summed E-state index contributed by atoms with van der Waals surface area (Å²) in [5.74, 6) is 1.64. The first-order chi connectivity index (χ1) is 11.2. The number of halogens is 1. The van der Waals surface area contributed by atoms with Crippen LogP contribution in [0.1, 0.15) is 36.6 Å². The number of rotatable bonds is 7. The van der Waals surface area contributed by atoms with Gasteiger partial charge in [-0.1, -0.05) is 13.8 Å². The predicted octanol–water partition coefficient (Wildman–Crippen LogP) is 2.76. The van der Waals surface area contributed by atoms with Gasteiger partial charge in [0, 0.05) is 44.2 Å². The zero-order valence-electron chi connectivity index (χ0n) is 15.2. The fourth-order valence-electron chi connectivity index (χ4n) is 2.98. The molecule has 0 spiro atoms. The molecule has 1 saturated heterocycles. The smallest absolute Gasteiger partial charge is 0.191 e. The third-order valence-electron chi connectivity index (χ3n) is 4.41. The van der Waals surface area contributed by atoms with E-state index in [0.717, 1.165) is 44.4 Å². The molecule has 2 heterocycles. The van der Waals surface area contributed by atoms with Crippen molar-refractivity contribution in [2.24, 2.45) is 10.9 Å². The fraction of sp³-hybridized carbons (Fsp3) is 0.765. The van der Waals surface area contributed by atoms with Crippen LogP contribution in [-0.4, -0.2) is 55.6 Å². The fourth-order valence-corrected chi connectivity index (χ4v) is 3.84. The van der Waals surface area contributed by atoms with Gasteiger partial charge in [0.15, 0.2) is 5.96 Å². The highest BCUT2D eigenvalue weighted by atomic mass is 127. The first-order valence-electron chi connectivity index (χ1n) is 8.85. The van der Waals surface area contributed by atoms with Crippen molar-refractivity contribution < 1.29 is 0 Å². The molecule has 0 aromatic carbocycles. The molecule has 1 fully saturated rings. The number of hydrogen-bond donors (Lipinski definition) is 2. The normalized spacial score (nSPS) is 19.0. The zero-order chi connectivity index (χ0) is 16.5. The van der Waals surface area contributed by atoms with Crippen molar-refractivity contribution in [3.63, 3.8) is 0 Å². The number of hydrogen-bond acceptors (Lipinski definition) is 4. The summed E-state index contributed by atoms with van der Waals surface area (Å²) in [5, 5.41) is 8.09. The molecule has 138 valence electrons. The van der Waals surface area contributed by atoms with Gasteiger partial charge in [-0.15, -0.1) is 35.3 Å². The molecule has 7 heteroatoms. The van der Waals surface area contributed by atoms with Gasteiger partial charge < -0.3 is 15.5 Å². The van der Waals surface area contributed by atoms with E-state index in [0.29, 0.717) is 0 Å². The van der Waals surface area contributed by atoms with Crippen LogP contribution in [0.3, 0.4) is 0 Å². The summed E-state index contributed by atoms with van der Waals surface area (Å²) in [6.45, 7) is 9.94. The van der Waals surface area contributed by atoms with Gasteiger partial charge in [-0.2, -0.15) is 0 Å². The van der Waals surface area contributed by atoms with E-state index in [1.807, 2.05) is 24.6 Å². The summed E-state index contributed by atoms with van der Waals surface area (Å²) in [6, 6.07) is 0. The number of thiazole rings is 1. The first kappa shape index (κ1) is 21.6. The van der Waals surface area contributed by atoms with Crippen molar-refractivity contribution in [2.75, 3.05) is 39.8 Å². The third kappa shape index (κ3) is 7.23. The van der Waals surface area contributed by atoms with Crippen LogP contribution in [0.4, 0.5) is 0 Å². The summed E-state index contributed by atoms with van der Waals surface area (Å²) in [5.41, 5.74) is 0. The second-order valence-electron chi connectivity index (χ2n) is 6.11. The molecular formula is C17H32IN5S. The maximum absolute atomic E-state index is 4.46. The van der Waals surface area contributed by atoms with Crippen molar-refractivity contribution in [2.45, 2.75) is 39.5 Å². The van der Waals surface area contributed by atoms with E-state index < -0.39 is 0 Å². The molecule has 1 unspecified atom stereocenters. The van der Waals surface area contributed by atoms with Crippen molar-refractivity contribution in [3.05, 3.63) is 16.1 Å². The Labute approximate surface area is 167 Å². The molecule has 5 nitrogen and oxygen atoms in total. The van der Waals surface area contributed by atoms with Crippen molar-refractivity contribution in [3.8, 4) is 0 Å². The summed E-state index contributed by atoms with van der Waals surface area (Å²) >= 11 is 1.81. The molecule has 0 bridgehead atoms. The highest BCUT2D eigenvalue weighted by molar-refractivity contribution is 14.0. The maximum Gasteiger partial charge on any atom is 0.191 e. The highest BCUT2D eigenvalue weighted by Crippen LogP contribution is 2.15. The van der Waals surface area contributed by atoms with Crippen molar-refractivity contribution >= 4 is 41.3 Å². The number of piperidine rings is 1. The second-order valence-corrected chi connectivity index (χ2v) is 7.30. The van der Waals surface area contributed by atoms with Crippen molar-refractivity contribution in [1.29, 1.82) is 0 Å². The lowest BCUT2D eigenvalue weighted by atomic mass is 9.98. The van der Waals surface area contributed by atoms with Crippen LogP contribution in [0, 0.1) is 5.92 Å². The van der Waals surface area contributed by atoms with Crippen LogP contribution in [0.2, 0.25) is 0 Å². The lowest BCUT2D eigenvalue weighted by Crippen LogP contribution is -2.44. The van der Waals surface area contributed by atoms with Crippen LogP contribution in [-0.2, 0) is 12.8 Å². The van der Waals surface area contributed by atoms with Gasteiger partial charge in [-0.05, 0) is 38.3 Å². The molecule has 2 N–H and O–H groups in total. The van der Waals surface area contributed by atoms with E-state index in [4.69, 9.17) is 0 Å². The molecular weight excluding hydrogens is 433 g/mol. The number of aryl methyl sites for hydroxylation is 1. The number of aliphatic imine (C=N–C) groups is 1. The van der Waals surface area contributed by atoms with Gasteiger partial charge in [0.25, 0.3) is 0 Å². The van der Waals surface area contributed by atoms with Gasteiger partial charge in [-0.3, -0.25) is 4.99 Å². The van der Waals surface area contributed by atoms with Gasteiger partial charge in [0.05, 0.1) is 5.01 Å². The number of likely N-dealkylation sites (tertiary alicyclic amines) is 1. The number of nitrogens with one attached hydrogen (secondary N) is 2. The Hall–Kier alpha value is -0.410. The summed E-state index contributed by atoms with van der Waals surface area (Å²) < 4.78 is 0. The van der Waals surface area contributed by atoms with E-state index in [-0.39, 0.29) is 24.0 Å². The standard InChI is InChI=1S/C17H31N5S.HI/c1-4-15-12-20-16(23-15)8-9-19-17(18-3)21-11-14-7-6-10-22(5-2)13-14;/h12,14H,4-11,13H2,1-3H3,(H2,18,19,21);1H. The lowest BCUT2D eigenvalue weighted by Gasteiger charge is -2.32. The van der Waals surface area contributed by atoms with Crippen LogP contribution >= 0.6 is 35.3 Å². The van der Waals surface area contributed by atoms with Crippen LogP contribution < -0.4 is 10.6 Å². The molecule has 1 aliphatic heterocycles. The highest BCUT2D eigenvalue weighted by Gasteiger charge is 2.18. The van der Waals surface area contributed by atoms with Crippen LogP contribution in [0.15, 0.2) is 11.2 Å².